The maximum absolute atomic E-state index is 13.6. The van der Waals surface area contributed by atoms with E-state index in [-0.39, 0.29) is 17.3 Å². The lowest BCUT2D eigenvalue weighted by Crippen LogP contribution is -1.88. The first-order valence-corrected chi connectivity index (χ1v) is 5.61. The average molecular weight is 256 g/mol. The standard InChI is InChI=1S/C13H9FN4O/c1-8-10(6-15-7-16-8)13-18-17-12(19-13)9-4-2-3-5-11(9)14/h2-7H,1H3. The van der Waals surface area contributed by atoms with Crippen molar-refractivity contribution in [2.75, 3.05) is 0 Å². The van der Waals surface area contributed by atoms with E-state index < -0.39 is 5.82 Å². The van der Waals surface area contributed by atoms with Crippen molar-refractivity contribution in [1.29, 1.82) is 0 Å². The van der Waals surface area contributed by atoms with Gasteiger partial charge in [0.25, 0.3) is 11.8 Å². The van der Waals surface area contributed by atoms with Crippen molar-refractivity contribution in [3.05, 3.63) is 48.3 Å². The minimum Gasteiger partial charge on any atom is -0.416 e. The van der Waals surface area contributed by atoms with Gasteiger partial charge in [-0.15, -0.1) is 10.2 Å². The first-order valence-electron chi connectivity index (χ1n) is 5.61. The number of halogens is 1. The summed E-state index contributed by atoms with van der Waals surface area (Å²) in [5, 5.41) is 7.75. The molecule has 2 aromatic heterocycles. The van der Waals surface area contributed by atoms with E-state index in [9.17, 15) is 4.39 Å². The van der Waals surface area contributed by atoms with Crippen LogP contribution in [0, 0.1) is 12.7 Å². The molecule has 19 heavy (non-hydrogen) atoms. The number of hydrogen-bond acceptors (Lipinski definition) is 5. The van der Waals surface area contributed by atoms with Gasteiger partial charge in [-0.05, 0) is 19.1 Å². The van der Waals surface area contributed by atoms with Crippen LogP contribution >= 0.6 is 0 Å². The first kappa shape index (κ1) is 11.5. The number of benzene rings is 1. The molecular weight excluding hydrogens is 247 g/mol. The van der Waals surface area contributed by atoms with Gasteiger partial charge >= 0.3 is 0 Å². The van der Waals surface area contributed by atoms with Crippen molar-refractivity contribution in [2.24, 2.45) is 0 Å². The number of rotatable bonds is 2. The zero-order valence-corrected chi connectivity index (χ0v) is 10.0. The van der Waals surface area contributed by atoms with Gasteiger partial charge in [0.05, 0.1) is 16.8 Å². The fourth-order valence-corrected chi connectivity index (χ4v) is 1.68. The van der Waals surface area contributed by atoms with Crippen molar-refractivity contribution in [2.45, 2.75) is 6.92 Å². The molecule has 94 valence electrons. The van der Waals surface area contributed by atoms with Crippen LogP contribution < -0.4 is 0 Å². The van der Waals surface area contributed by atoms with Gasteiger partial charge in [-0.3, -0.25) is 0 Å². The Hall–Kier alpha value is -2.63. The van der Waals surface area contributed by atoms with E-state index in [1.165, 1.54) is 12.4 Å². The summed E-state index contributed by atoms with van der Waals surface area (Å²) in [6.45, 7) is 1.81. The summed E-state index contributed by atoms with van der Waals surface area (Å²) < 4.78 is 19.1. The molecule has 1 aromatic carbocycles. The Morgan fingerprint density at radius 3 is 2.53 bits per heavy atom. The molecule has 0 radical (unpaired) electrons. The number of aromatic nitrogens is 4. The Morgan fingerprint density at radius 2 is 1.79 bits per heavy atom. The number of hydrogen-bond donors (Lipinski definition) is 0. The molecule has 0 fully saturated rings. The molecule has 0 N–H and O–H groups in total. The van der Waals surface area contributed by atoms with Crippen LogP contribution in [0.25, 0.3) is 22.9 Å². The summed E-state index contributed by atoms with van der Waals surface area (Å²) in [4.78, 5) is 7.95. The normalized spacial score (nSPS) is 10.6. The van der Waals surface area contributed by atoms with E-state index in [0.717, 1.165) is 5.69 Å². The first-order chi connectivity index (χ1) is 9.25. The molecule has 0 aliphatic heterocycles. The van der Waals surface area contributed by atoms with E-state index in [4.69, 9.17) is 4.42 Å². The highest BCUT2D eigenvalue weighted by Crippen LogP contribution is 2.26. The quantitative estimate of drug-likeness (QED) is 0.705. The molecule has 3 aromatic rings. The Balaban J connectivity index is 2.06. The minimum absolute atomic E-state index is 0.136. The molecule has 0 saturated heterocycles. The van der Waals surface area contributed by atoms with Gasteiger partial charge in [0.1, 0.15) is 12.1 Å². The van der Waals surface area contributed by atoms with Crippen molar-refractivity contribution in [3.8, 4) is 22.9 Å². The van der Waals surface area contributed by atoms with Crippen molar-refractivity contribution in [1.82, 2.24) is 20.2 Å². The Kier molecular flexibility index (Phi) is 2.75. The average Bonchev–Trinajstić information content (AvgIpc) is 2.89. The summed E-state index contributed by atoms with van der Waals surface area (Å²) >= 11 is 0. The van der Waals surface area contributed by atoms with E-state index in [1.807, 2.05) is 6.92 Å². The molecule has 5 nitrogen and oxygen atoms in total. The molecule has 0 saturated carbocycles. The molecule has 0 spiro atoms. The van der Waals surface area contributed by atoms with Crippen LogP contribution in [0.15, 0.2) is 41.2 Å². The SMILES string of the molecule is Cc1ncncc1-c1nnc(-c2ccccc2F)o1. The van der Waals surface area contributed by atoms with E-state index in [0.29, 0.717) is 5.56 Å². The van der Waals surface area contributed by atoms with Crippen LogP contribution in [-0.2, 0) is 0 Å². The van der Waals surface area contributed by atoms with Crippen LogP contribution in [-0.4, -0.2) is 20.2 Å². The zero-order chi connectivity index (χ0) is 13.2. The molecular formula is C13H9FN4O. The molecule has 0 bridgehead atoms. The third kappa shape index (κ3) is 2.08. The molecule has 0 atom stereocenters. The fourth-order valence-electron chi connectivity index (χ4n) is 1.68. The topological polar surface area (TPSA) is 64.7 Å². The summed E-state index contributed by atoms with van der Waals surface area (Å²) in [6.07, 6.45) is 3.02. The van der Waals surface area contributed by atoms with E-state index in [2.05, 4.69) is 20.2 Å². The van der Waals surface area contributed by atoms with Gasteiger partial charge in [0.2, 0.25) is 0 Å². The van der Waals surface area contributed by atoms with Crippen LogP contribution in [0.2, 0.25) is 0 Å². The molecule has 0 amide bonds. The van der Waals surface area contributed by atoms with Crippen molar-refractivity contribution >= 4 is 0 Å². The highest BCUT2D eigenvalue weighted by atomic mass is 19.1. The van der Waals surface area contributed by atoms with Crippen molar-refractivity contribution < 1.29 is 8.81 Å². The third-order valence-electron chi connectivity index (χ3n) is 2.67. The van der Waals surface area contributed by atoms with Crippen molar-refractivity contribution in [3.63, 3.8) is 0 Å². The summed E-state index contributed by atoms with van der Waals surface area (Å²) in [5.74, 6) is 0.00596. The molecule has 2 heterocycles. The zero-order valence-electron chi connectivity index (χ0n) is 10.0. The fraction of sp³-hybridized carbons (Fsp3) is 0.0769. The lowest BCUT2D eigenvalue weighted by Gasteiger charge is -1.98. The Labute approximate surface area is 108 Å². The predicted octanol–water partition coefficient (Wildman–Crippen LogP) is 2.64. The predicted molar refractivity (Wildman–Crippen MR) is 65.5 cm³/mol. The summed E-state index contributed by atoms with van der Waals surface area (Å²) in [6, 6.07) is 6.24. The second kappa shape index (κ2) is 4.56. The second-order valence-electron chi connectivity index (χ2n) is 3.91. The van der Waals surface area contributed by atoms with Gasteiger partial charge in [0.15, 0.2) is 0 Å². The van der Waals surface area contributed by atoms with Gasteiger partial charge < -0.3 is 4.42 Å². The number of aryl methyl sites for hydroxylation is 1. The Morgan fingerprint density at radius 1 is 1.05 bits per heavy atom. The van der Waals surface area contributed by atoms with Gasteiger partial charge in [-0.25, -0.2) is 14.4 Å². The molecule has 0 unspecified atom stereocenters. The smallest absolute Gasteiger partial charge is 0.251 e. The van der Waals surface area contributed by atoms with E-state index in [1.54, 1.807) is 24.4 Å². The molecule has 0 aliphatic rings. The lowest BCUT2D eigenvalue weighted by atomic mass is 10.2. The second-order valence-corrected chi connectivity index (χ2v) is 3.91. The maximum atomic E-state index is 13.6. The maximum Gasteiger partial charge on any atom is 0.251 e. The third-order valence-corrected chi connectivity index (χ3v) is 2.67. The lowest BCUT2D eigenvalue weighted by molar-refractivity contribution is 0.570. The van der Waals surface area contributed by atoms with Crippen LogP contribution in [0.5, 0.6) is 0 Å². The molecule has 6 heteroatoms. The van der Waals surface area contributed by atoms with Crippen LogP contribution in [0.3, 0.4) is 0 Å². The minimum atomic E-state index is -0.404. The summed E-state index contributed by atoms with van der Waals surface area (Å²) in [7, 11) is 0. The largest absolute Gasteiger partial charge is 0.416 e. The highest BCUT2D eigenvalue weighted by molar-refractivity contribution is 5.58. The molecule has 0 aliphatic carbocycles. The number of nitrogens with zero attached hydrogens (tertiary/aromatic N) is 4. The van der Waals surface area contributed by atoms with Gasteiger partial charge in [-0.1, -0.05) is 12.1 Å². The van der Waals surface area contributed by atoms with Gasteiger partial charge in [0, 0.05) is 6.20 Å². The highest BCUT2D eigenvalue weighted by Gasteiger charge is 2.15. The Bertz CT molecular complexity index is 666. The van der Waals surface area contributed by atoms with Crippen LogP contribution in [0.4, 0.5) is 4.39 Å². The van der Waals surface area contributed by atoms with Crippen LogP contribution in [0.1, 0.15) is 5.69 Å². The van der Waals surface area contributed by atoms with Gasteiger partial charge in [-0.2, -0.15) is 0 Å². The van der Waals surface area contributed by atoms with E-state index >= 15 is 0 Å². The monoisotopic (exact) mass is 256 g/mol. The molecule has 3 rings (SSSR count). The summed E-state index contributed by atoms with van der Waals surface area (Å²) in [5.41, 5.74) is 1.63.